The Morgan fingerprint density at radius 2 is 0.690 bits per heavy atom. The van der Waals surface area contributed by atoms with E-state index in [-0.39, 0.29) is 48.7 Å². The van der Waals surface area contributed by atoms with Gasteiger partial charge in [-0.1, -0.05) is 36.1 Å². The summed E-state index contributed by atoms with van der Waals surface area (Å²) < 4.78 is 20.7. The van der Waals surface area contributed by atoms with Gasteiger partial charge in [0.1, 0.15) is 0 Å². The maximum Gasteiger partial charge on any atom is 0.338 e. The molecule has 0 spiro atoms. The largest absolute Gasteiger partial charge is 0.462 e. The third kappa shape index (κ3) is 6.26. The van der Waals surface area contributed by atoms with Crippen molar-refractivity contribution in [1.82, 2.24) is 0 Å². The predicted molar refractivity (Wildman–Crippen MR) is 156 cm³/mol. The monoisotopic (exact) mass is 566 g/mol. The summed E-state index contributed by atoms with van der Waals surface area (Å²) in [5.74, 6) is 4.08. The zero-order valence-corrected chi connectivity index (χ0v) is 23.9. The molecule has 4 aliphatic rings. The number of esters is 4. The van der Waals surface area contributed by atoms with Crippen LogP contribution < -0.4 is 0 Å². The molecule has 214 valence electrons. The first-order chi connectivity index (χ1) is 20.3. The highest BCUT2D eigenvalue weighted by molar-refractivity contribution is 6.09. The van der Waals surface area contributed by atoms with Crippen molar-refractivity contribution in [1.29, 1.82) is 0 Å². The molecule has 0 amide bonds. The number of carbonyl (C=O) groups is 4. The Kier molecular flexibility index (Phi) is 9.56. The van der Waals surface area contributed by atoms with Crippen molar-refractivity contribution < 1.29 is 38.1 Å². The van der Waals surface area contributed by atoms with Crippen molar-refractivity contribution in [2.75, 3.05) is 26.4 Å². The van der Waals surface area contributed by atoms with Crippen molar-refractivity contribution in [3.05, 3.63) is 94.0 Å². The van der Waals surface area contributed by atoms with Gasteiger partial charge in [-0.25, -0.2) is 19.2 Å². The van der Waals surface area contributed by atoms with Gasteiger partial charge in [-0.05, 0) is 86.3 Å². The van der Waals surface area contributed by atoms with Gasteiger partial charge >= 0.3 is 23.9 Å². The van der Waals surface area contributed by atoms with Crippen molar-refractivity contribution in [2.45, 2.75) is 27.7 Å². The van der Waals surface area contributed by atoms with Crippen molar-refractivity contribution >= 4 is 23.9 Å². The van der Waals surface area contributed by atoms with E-state index in [1.54, 1.807) is 76.2 Å². The lowest BCUT2D eigenvalue weighted by Crippen LogP contribution is -2.05. The van der Waals surface area contributed by atoms with Crippen LogP contribution >= 0.6 is 0 Å². The maximum atomic E-state index is 12.6. The predicted octanol–water partition coefficient (Wildman–Crippen LogP) is 6.00. The Morgan fingerprint density at radius 3 is 0.905 bits per heavy atom. The quantitative estimate of drug-likeness (QED) is 0.145. The molecule has 0 aromatic carbocycles. The number of fused-ring (bicyclic) bond motifs is 2. The average Bonchev–Trinajstić information content (AvgIpc) is 3.36. The van der Waals surface area contributed by atoms with E-state index in [1.807, 2.05) is 0 Å². The fourth-order valence-corrected chi connectivity index (χ4v) is 4.52. The third-order valence-electron chi connectivity index (χ3n) is 6.37. The van der Waals surface area contributed by atoms with E-state index in [2.05, 4.69) is 11.8 Å². The van der Waals surface area contributed by atoms with E-state index in [9.17, 15) is 19.2 Å². The molecule has 0 saturated carbocycles. The molecule has 0 fully saturated rings. The van der Waals surface area contributed by atoms with Crippen LogP contribution in [0.15, 0.2) is 60.7 Å². The topological polar surface area (TPSA) is 105 Å². The minimum Gasteiger partial charge on any atom is -0.462 e. The lowest BCUT2D eigenvalue weighted by molar-refractivity contribution is 0.0511. The minimum absolute atomic E-state index is 0.198. The van der Waals surface area contributed by atoms with E-state index < -0.39 is 23.9 Å². The SMILES string of the molecule is CCOC(=O)c1cc(C(=O)OCC)c2ccc(C#Cc3ccc4c(C(=O)OCC)cc(C(=O)OCC)c-4cc3)ccc1-2. The first-order valence-corrected chi connectivity index (χ1v) is 13.7. The molecule has 0 unspecified atom stereocenters. The molecule has 0 aromatic heterocycles. The molecule has 8 heteroatoms. The molecule has 0 atom stereocenters. The summed E-state index contributed by atoms with van der Waals surface area (Å²) in [6.45, 7) is 7.65. The second-order valence-electron chi connectivity index (χ2n) is 8.97. The van der Waals surface area contributed by atoms with Crippen LogP contribution in [-0.2, 0) is 18.9 Å². The molecule has 42 heavy (non-hydrogen) atoms. The molecule has 0 heterocycles. The van der Waals surface area contributed by atoms with Gasteiger partial charge in [0.2, 0.25) is 0 Å². The van der Waals surface area contributed by atoms with Gasteiger partial charge in [0.15, 0.2) is 0 Å². The lowest BCUT2D eigenvalue weighted by Gasteiger charge is -2.02. The van der Waals surface area contributed by atoms with E-state index >= 15 is 0 Å². The summed E-state index contributed by atoms with van der Waals surface area (Å²) >= 11 is 0. The maximum absolute atomic E-state index is 12.6. The van der Waals surface area contributed by atoms with Crippen LogP contribution in [0.1, 0.15) is 80.3 Å². The van der Waals surface area contributed by atoms with E-state index in [0.717, 1.165) is 0 Å². The van der Waals surface area contributed by atoms with Crippen molar-refractivity contribution in [3.8, 4) is 34.1 Å². The molecule has 0 radical (unpaired) electrons. The molecule has 0 bridgehead atoms. The summed E-state index contributed by atoms with van der Waals surface area (Å²) in [5.41, 5.74) is 4.53. The van der Waals surface area contributed by atoms with Gasteiger partial charge in [-0.15, -0.1) is 0 Å². The second-order valence-corrected chi connectivity index (χ2v) is 8.97. The highest BCUT2D eigenvalue weighted by atomic mass is 16.5. The van der Waals surface area contributed by atoms with E-state index in [0.29, 0.717) is 33.4 Å². The number of ether oxygens (including phenoxy) is 4. The Bertz CT molecular complexity index is 1430. The van der Waals surface area contributed by atoms with Crippen LogP contribution in [0.3, 0.4) is 0 Å². The fraction of sp³-hybridized carbons (Fsp3) is 0.235. The van der Waals surface area contributed by atoms with Gasteiger partial charge in [0.05, 0.1) is 48.7 Å². The number of carbonyl (C=O) groups excluding carboxylic acids is 4. The van der Waals surface area contributed by atoms with Crippen LogP contribution in [0.25, 0.3) is 22.3 Å². The Morgan fingerprint density at radius 1 is 0.452 bits per heavy atom. The van der Waals surface area contributed by atoms with Crippen LogP contribution in [0.4, 0.5) is 0 Å². The zero-order chi connectivity index (χ0) is 30.2. The van der Waals surface area contributed by atoms with Gasteiger partial charge in [0, 0.05) is 11.1 Å². The summed E-state index contributed by atoms with van der Waals surface area (Å²) in [6, 6.07) is 16.9. The average molecular weight is 567 g/mol. The second kappa shape index (κ2) is 13.5. The lowest BCUT2D eigenvalue weighted by atomic mass is 10.1. The molecule has 0 aromatic rings. The van der Waals surface area contributed by atoms with Gasteiger partial charge in [-0.3, -0.25) is 0 Å². The van der Waals surface area contributed by atoms with Crippen molar-refractivity contribution in [3.63, 3.8) is 0 Å². The molecular weight excluding hydrogens is 536 g/mol. The molecule has 4 rings (SSSR count). The Balaban J connectivity index is 1.76. The minimum atomic E-state index is -0.531. The highest BCUT2D eigenvalue weighted by Gasteiger charge is 2.26. The summed E-state index contributed by atoms with van der Waals surface area (Å²) in [6.07, 6.45) is 0. The number of hydrogen-bond donors (Lipinski definition) is 0. The smallest absolute Gasteiger partial charge is 0.338 e. The Labute approximate surface area is 244 Å². The summed E-state index contributed by atoms with van der Waals surface area (Å²) in [7, 11) is 0. The molecule has 0 aliphatic heterocycles. The summed E-state index contributed by atoms with van der Waals surface area (Å²) in [5, 5.41) is 0. The molecule has 0 saturated heterocycles. The number of rotatable bonds is 8. The van der Waals surface area contributed by atoms with E-state index in [1.165, 1.54) is 12.1 Å². The summed E-state index contributed by atoms with van der Waals surface area (Å²) in [4.78, 5) is 50.4. The van der Waals surface area contributed by atoms with Crippen molar-refractivity contribution in [2.24, 2.45) is 0 Å². The number of hydrogen-bond acceptors (Lipinski definition) is 8. The van der Waals surface area contributed by atoms with Crippen LogP contribution in [0.2, 0.25) is 0 Å². The first-order valence-electron chi connectivity index (χ1n) is 13.7. The standard InChI is InChI=1S/C34H30O8/c1-5-39-31(35)27-19-28(32(36)40-6-2)24-16-12-21(11-15-23(24)27)9-10-22-13-17-25-26(18-14-22)30(34(38)42-8-4)20-29(25)33(37)41-7-3/h11-20H,5-8H2,1-4H3. The van der Waals surface area contributed by atoms with Crippen LogP contribution in [-0.4, -0.2) is 50.3 Å². The van der Waals surface area contributed by atoms with Crippen LogP contribution in [0, 0.1) is 11.8 Å². The third-order valence-corrected chi connectivity index (χ3v) is 6.37. The normalized spacial score (nSPS) is 10.5. The molecule has 0 N–H and O–H groups in total. The molecule has 8 nitrogen and oxygen atoms in total. The van der Waals surface area contributed by atoms with Gasteiger partial charge in [-0.2, -0.15) is 0 Å². The fourth-order valence-electron chi connectivity index (χ4n) is 4.52. The highest BCUT2D eigenvalue weighted by Crippen LogP contribution is 2.34. The molecular formula is C34H30O8. The Hall–Kier alpha value is -5.16. The molecule has 4 aliphatic carbocycles. The van der Waals surface area contributed by atoms with Gasteiger partial charge < -0.3 is 18.9 Å². The first kappa shape index (κ1) is 29.8. The van der Waals surface area contributed by atoms with Gasteiger partial charge in [0.25, 0.3) is 0 Å². The van der Waals surface area contributed by atoms with E-state index in [4.69, 9.17) is 18.9 Å². The zero-order valence-electron chi connectivity index (χ0n) is 23.9. The van der Waals surface area contributed by atoms with Crippen LogP contribution in [0.5, 0.6) is 0 Å².